The Morgan fingerprint density at radius 2 is 1.62 bits per heavy atom. The molecule has 0 aliphatic carbocycles. The van der Waals surface area contributed by atoms with Crippen molar-refractivity contribution in [2.24, 2.45) is 0 Å². The first-order valence-electron chi connectivity index (χ1n) is 10.7. The zero-order valence-corrected chi connectivity index (χ0v) is 18.9. The highest BCUT2D eigenvalue weighted by Gasteiger charge is 2.15. The molecule has 0 aliphatic rings. The summed E-state index contributed by atoms with van der Waals surface area (Å²) in [7, 11) is -3.70. The molecule has 0 saturated heterocycles. The van der Waals surface area contributed by atoms with Gasteiger partial charge in [-0.15, -0.1) is 0 Å². The van der Waals surface area contributed by atoms with E-state index in [-0.39, 0.29) is 4.90 Å². The molecule has 6 nitrogen and oxygen atoms in total. The molecule has 7 heteroatoms. The minimum absolute atomic E-state index is 0.205. The molecule has 0 amide bonds. The van der Waals surface area contributed by atoms with Crippen molar-refractivity contribution in [2.45, 2.75) is 11.3 Å². The number of sulfonamides is 1. The van der Waals surface area contributed by atoms with Crippen LogP contribution in [0.1, 0.15) is 11.1 Å². The molecule has 0 aliphatic heterocycles. The van der Waals surface area contributed by atoms with Gasteiger partial charge >= 0.3 is 0 Å². The molecule has 1 N–H and O–H groups in total. The SMILES string of the molecule is O=S(=O)(Nc1cccc(-c2cc(Cc3cc[n+]([O-])cc3)cc3cccnc23)c1)c1ccccc1. The summed E-state index contributed by atoms with van der Waals surface area (Å²) in [5.41, 5.74) is 5.15. The summed E-state index contributed by atoms with van der Waals surface area (Å²) in [6.45, 7) is 0. The number of fused-ring (bicyclic) bond motifs is 1. The van der Waals surface area contributed by atoms with Crippen LogP contribution in [0.2, 0.25) is 0 Å². The van der Waals surface area contributed by atoms with Gasteiger partial charge in [0.25, 0.3) is 10.0 Å². The number of rotatable bonds is 6. The molecule has 3 aromatic carbocycles. The lowest BCUT2D eigenvalue weighted by Gasteiger charge is -2.13. The van der Waals surface area contributed by atoms with Gasteiger partial charge in [0.1, 0.15) is 0 Å². The van der Waals surface area contributed by atoms with Crippen molar-refractivity contribution in [1.82, 2.24) is 4.98 Å². The average molecular weight is 468 g/mol. The van der Waals surface area contributed by atoms with Crippen molar-refractivity contribution in [2.75, 3.05) is 4.72 Å². The van der Waals surface area contributed by atoms with E-state index in [1.165, 1.54) is 12.4 Å². The number of hydrogen-bond acceptors (Lipinski definition) is 4. The Morgan fingerprint density at radius 1 is 0.824 bits per heavy atom. The van der Waals surface area contributed by atoms with E-state index < -0.39 is 10.0 Å². The summed E-state index contributed by atoms with van der Waals surface area (Å²) in [5, 5.41) is 12.4. The molecule has 0 radical (unpaired) electrons. The normalized spacial score (nSPS) is 11.4. The minimum Gasteiger partial charge on any atom is -0.619 e. The van der Waals surface area contributed by atoms with Crippen molar-refractivity contribution >= 4 is 26.6 Å². The predicted octanol–water partition coefficient (Wildman–Crippen LogP) is 4.93. The van der Waals surface area contributed by atoms with Gasteiger partial charge in [-0.25, -0.2) is 8.42 Å². The molecule has 0 bridgehead atoms. The molecular formula is C27H21N3O3S. The lowest BCUT2D eigenvalue weighted by atomic mass is 9.96. The van der Waals surface area contributed by atoms with E-state index in [9.17, 15) is 13.6 Å². The van der Waals surface area contributed by atoms with Crippen molar-refractivity contribution in [3.8, 4) is 11.1 Å². The number of nitrogens with one attached hydrogen (secondary N) is 1. The maximum absolute atomic E-state index is 12.8. The number of benzene rings is 3. The molecule has 2 aromatic heterocycles. The highest BCUT2D eigenvalue weighted by atomic mass is 32.2. The first-order valence-corrected chi connectivity index (χ1v) is 12.2. The monoisotopic (exact) mass is 467 g/mol. The van der Waals surface area contributed by atoms with Crippen LogP contribution in [0.15, 0.2) is 114 Å². The fourth-order valence-electron chi connectivity index (χ4n) is 3.94. The van der Waals surface area contributed by atoms with Crippen molar-refractivity contribution in [3.63, 3.8) is 0 Å². The van der Waals surface area contributed by atoms with Gasteiger partial charge in [-0.2, -0.15) is 4.73 Å². The predicted molar refractivity (Wildman–Crippen MR) is 133 cm³/mol. The second kappa shape index (κ2) is 8.96. The van der Waals surface area contributed by atoms with Gasteiger partial charge in [0, 0.05) is 35.0 Å². The maximum Gasteiger partial charge on any atom is 0.261 e. The zero-order chi connectivity index (χ0) is 23.5. The van der Waals surface area contributed by atoms with Crippen LogP contribution in [0.25, 0.3) is 22.0 Å². The Kier molecular flexibility index (Phi) is 5.69. The quantitative estimate of drug-likeness (QED) is 0.283. The number of pyridine rings is 2. The van der Waals surface area contributed by atoms with E-state index in [0.717, 1.165) is 37.9 Å². The lowest BCUT2D eigenvalue weighted by Crippen LogP contribution is -2.23. The average Bonchev–Trinajstić information content (AvgIpc) is 2.85. The molecular weight excluding hydrogens is 446 g/mol. The largest absolute Gasteiger partial charge is 0.619 e. The molecule has 5 rings (SSSR count). The van der Waals surface area contributed by atoms with Crippen LogP contribution in [0.4, 0.5) is 5.69 Å². The van der Waals surface area contributed by atoms with E-state index >= 15 is 0 Å². The van der Waals surface area contributed by atoms with Crippen molar-refractivity contribution < 1.29 is 13.1 Å². The Hall–Kier alpha value is -4.23. The van der Waals surface area contributed by atoms with Crippen LogP contribution in [-0.2, 0) is 16.4 Å². The molecule has 0 unspecified atom stereocenters. The summed E-state index contributed by atoms with van der Waals surface area (Å²) in [6, 6.07) is 27.3. The molecule has 2 heterocycles. The third-order valence-electron chi connectivity index (χ3n) is 5.52. The van der Waals surface area contributed by atoms with Gasteiger partial charge < -0.3 is 5.21 Å². The van der Waals surface area contributed by atoms with Crippen molar-refractivity contribution in [3.05, 3.63) is 126 Å². The summed E-state index contributed by atoms with van der Waals surface area (Å²) in [5.74, 6) is 0. The van der Waals surface area contributed by atoms with Gasteiger partial charge in [-0.3, -0.25) is 9.71 Å². The molecule has 5 aromatic rings. The number of nitrogens with zero attached hydrogens (tertiary/aromatic N) is 2. The van der Waals surface area contributed by atoms with Crippen LogP contribution >= 0.6 is 0 Å². The first-order chi connectivity index (χ1) is 16.5. The molecule has 0 fully saturated rings. The molecule has 0 saturated carbocycles. The number of hydrogen-bond donors (Lipinski definition) is 1. The molecule has 0 spiro atoms. The maximum atomic E-state index is 12.8. The summed E-state index contributed by atoms with van der Waals surface area (Å²) < 4.78 is 29.0. The van der Waals surface area contributed by atoms with Crippen LogP contribution in [0.5, 0.6) is 0 Å². The third kappa shape index (κ3) is 4.60. The molecule has 34 heavy (non-hydrogen) atoms. The third-order valence-corrected chi connectivity index (χ3v) is 6.92. The molecule has 0 atom stereocenters. The van der Waals surface area contributed by atoms with E-state index in [1.54, 1.807) is 54.7 Å². The van der Waals surface area contributed by atoms with Gasteiger partial charge in [-0.1, -0.05) is 36.4 Å². The Balaban J connectivity index is 1.54. The van der Waals surface area contributed by atoms with Gasteiger partial charge in [0.15, 0.2) is 12.4 Å². The van der Waals surface area contributed by atoms with Crippen LogP contribution in [-0.4, -0.2) is 13.4 Å². The second-order valence-corrected chi connectivity index (χ2v) is 9.64. The summed E-state index contributed by atoms with van der Waals surface area (Å²) in [4.78, 5) is 4.79. The lowest BCUT2D eigenvalue weighted by molar-refractivity contribution is -0.605. The number of aromatic nitrogens is 2. The highest BCUT2D eigenvalue weighted by molar-refractivity contribution is 7.92. The van der Waals surface area contributed by atoms with Gasteiger partial charge in [0.2, 0.25) is 0 Å². The highest BCUT2D eigenvalue weighted by Crippen LogP contribution is 2.31. The van der Waals surface area contributed by atoms with E-state index in [2.05, 4.69) is 21.8 Å². The van der Waals surface area contributed by atoms with Crippen molar-refractivity contribution in [1.29, 1.82) is 0 Å². The fourth-order valence-corrected chi connectivity index (χ4v) is 5.01. The van der Waals surface area contributed by atoms with Crippen LogP contribution < -0.4 is 9.45 Å². The minimum atomic E-state index is -3.70. The standard InChI is InChI=1S/C27H21N3O3S/c31-30-14-11-20(12-15-30)16-21-17-23-7-5-13-28-27(23)26(18-21)22-6-4-8-24(19-22)29-34(32,33)25-9-2-1-3-10-25/h1-15,17-19,29H,16H2. The number of anilines is 1. The second-order valence-electron chi connectivity index (χ2n) is 7.96. The summed E-state index contributed by atoms with van der Waals surface area (Å²) in [6.07, 6.45) is 5.37. The van der Waals surface area contributed by atoms with Crippen LogP contribution in [0.3, 0.4) is 0 Å². The topological polar surface area (TPSA) is 86.0 Å². The van der Waals surface area contributed by atoms with E-state index in [1.807, 2.05) is 30.3 Å². The molecule has 168 valence electrons. The summed E-state index contributed by atoms with van der Waals surface area (Å²) >= 11 is 0. The van der Waals surface area contributed by atoms with Gasteiger partial charge in [0.05, 0.1) is 10.4 Å². The smallest absolute Gasteiger partial charge is 0.261 e. The zero-order valence-electron chi connectivity index (χ0n) is 18.1. The fraction of sp³-hybridized carbons (Fsp3) is 0.0370. The Labute approximate surface area is 197 Å². The first kappa shape index (κ1) is 21.6. The van der Waals surface area contributed by atoms with Gasteiger partial charge in [-0.05, 0) is 65.6 Å². The van der Waals surface area contributed by atoms with Crippen LogP contribution in [0, 0.1) is 5.21 Å². The Bertz CT molecular complexity index is 1570. The Morgan fingerprint density at radius 3 is 2.41 bits per heavy atom. The van der Waals surface area contributed by atoms with E-state index in [0.29, 0.717) is 12.1 Å². The van der Waals surface area contributed by atoms with E-state index in [4.69, 9.17) is 0 Å².